The zero-order chi connectivity index (χ0) is 21.5. The summed E-state index contributed by atoms with van der Waals surface area (Å²) in [7, 11) is 1.81. The molecule has 1 fully saturated rings. The van der Waals surface area contributed by atoms with Crippen LogP contribution >= 0.6 is 0 Å². The fourth-order valence-electron chi connectivity index (χ4n) is 3.64. The Morgan fingerprint density at radius 2 is 1.87 bits per heavy atom. The lowest BCUT2D eigenvalue weighted by Crippen LogP contribution is -2.43. The number of aryl methyl sites for hydroxylation is 1. The van der Waals surface area contributed by atoms with E-state index in [1.165, 1.54) is 24.3 Å². The van der Waals surface area contributed by atoms with Crippen LogP contribution in [0.3, 0.4) is 0 Å². The first-order chi connectivity index (χ1) is 14.4. The van der Waals surface area contributed by atoms with Gasteiger partial charge in [0.05, 0.1) is 6.54 Å². The quantitative estimate of drug-likeness (QED) is 0.709. The van der Waals surface area contributed by atoms with Crippen LogP contribution in [0.5, 0.6) is 0 Å². The number of carbonyl (C=O) groups is 2. The molecule has 2 aromatic rings. The van der Waals surface area contributed by atoms with Gasteiger partial charge in [0.15, 0.2) is 5.78 Å². The van der Waals surface area contributed by atoms with Crippen LogP contribution < -0.4 is 5.32 Å². The predicted octanol–water partition coefficient (Wildman–Crippen LogP) is 3.27. The number of piperidine rings is 1. The van der Waals surface area contributed by atoms with Crippen molar-refractivity contribution in [3.63, 3.8) is 0 Å². The summed E-state index contributed by atoms with van der Waals surface area (Å²) < 4.78 is 13.0. The molecular weight excluding hydrogens is 383 g/mol. The number of ketones is 1. The van der Waals surface area contributed by atoms with Gasteiger partial charge in [0.1, 0.15) is 5.82 Å². The van der Waals surface area contributed by atoms with Gasteiger partial charge in [0, 0.05) is 37.6 Å². The van der Waals surface area contributed by atoms with Crippen molar-refractivity contribution in [1.82, 2.24) is 20.1 Å². The van der Waals surface area contributed by atoms with E-state index in [1.807, 2.05) is 26.1 Å². The van der Waals surface area contributed by atoms with Crippen LogP contribution in [0.4, 0.5) is 9.18 Å². The third-order valence-corrected chi connectivity index (χ3v) is 5.54. The third kappa shape index (κ3) is 6.35. The molecule has 0 atom stereocenters. The summed E-state index contributed by atoms with van der Waals surface area (Å²) in [4.78, 5) is 32.8. The van der Waals surface area contributed by atoms with E-state index in [-0.39, 0.29) is 17.6 Å². The van der Waals surface area contributed by atoms with E-state index in [1.54, 1.807) is 11.1 Å². The molecule has 2 amide bonds. The lowest BCUT2D eigenvalue weighted by Gasteiger charge is -2.33. The van der Waals surface area contributed by atoms with Gasteiger partial charge in [-0.25, -0.2) is 9.18 Å². The van der Waals surface area contributed by atoms with Crippen molar-refractivity contribution in [1.29, 1.82) is 0 Å². The van der Waals surface area contributed by atoms with E-state index in [2.05, 4.69) is 15.2 Å². The zero-order valence-electron chi connectivity index (χ0n) is 17.6. The summed E-state index contributed by atoms with van der Waals surface area (Å²) in [6.07, 6.45) is 3.66. The second-order valence-corrected chi connectivity index (χ2v) is 8.00. The minimum absolute atomic E-state index is 0.00976. The van der Waals surface area contributed by atoms with Crippen molar-refractivity contribution in [3.8, 4) is 0 Å². The fourth-order valence-corrected chi connectivity index (χ4v) is 3.64. The third-order valence-electron chi connectivity index (χ3n) is 5.54. The van der Waals surface area contributed by atoms with Gasteiger partial charge in [-0.15, -0.1) is 0 Å². The van der Waals surface area contributed by atoms with Crippen LogP contribution in [0.1, 0.15) is 34.5 Å². The molecule has 30 heavy (non-hydrogen) atoms. The van der Waals surface area contributed by atoms with Gasteiger partial charge in [-0.3, -0.25) is 14.7 Å². The molecule has 0 aliphatic carbocycles. The van der Waals surface area contributed by atoms with Crippen molar-refractivity contribution in [2.24, 2.45) is 5.92 Å². The van der Waals surface area contributed by atoms with Gasteiger partial charge in [0.25, 0.3) is 0 Å². The number of nitrogens with one attached hydrogen (secondary N) is 1. The summed E-state index contributed by atoms with van der Waals surface area (Å²) >= 11 is 0. The topological polar surface area (TPSA) is 65.5 Å². The van der Waals surface area contributed by atoms with Crippen LogP contribution in [-0.2, 0) is 6.54 Å². The highest BCUT2D eigenvalue weighted by Gasteiger charge is 2.23. The molecule has 1 N–H and O–H groups in total. The number of amides is 2. The van der Waals surface area contributed by atoms with Crippen LogP contribution in [0, 0.1) is 18.7 Å². The van der Waals surface area contributed by atoms with E-state index in [0.717, 1.165) is 37.2 Å². The molecule has 2 heterocycles. The average molecular weight is 413 g/mol. The number of benzene rings is 1. The monoisotopic (exact) mass is 412 g/mol. The number of halogens is 1. The van der Waals surface area contributed by atoms with E-state index < -0.39 is 0 Å². The second kappa shape index (κ2) is 10.3. The maximum absolute atomic E-state index is 13.0. The molecule has 1 saturated heterocycles. The second-order valence-electron chi connectivity index (χ2n) is 8.00. The predicted molar refractivity (Wildman–Crippen MR) is 114 cm³/mol. The highest BCUT2D eigenvalue weighted by Crippen LogP contribution is 2.18. The number of hydrogen-bond acceptors (Lipinski definition) is 4. The zero-order valence-corrected chi connectivity index (χ0v) is 17.6. The average Bonchev–Trinajstić information content (AvgIpc) is 2.75. The number of urea groups is 1. The number of likely N-dealkylation sites (tertiary alicyclic amines) is 1. The molecule has 1 aliphatic heterocycles. The summed E-state index contributed by atoms with van der Waals surface area (Å²) in [6.45, 7) is 5.07. The smallest absolute Gasteiger partial charge is 0.317 e. The van der Waals surface area contributed by atoms with Crippen LogP contribution in [0.25, 0.3) is 0 Å². The molecule has 1 aliphatic rings. The molecule has 1 aromatic heterocycles. The molecule has 3 rings (SSSR count). The van der Waals surface area contributed by atoms with E-state index in [9.17, 15) is 14.0 Å². The molecule has 0 saturated carbocycles. The normalized spacial score (nSPS) is 15.0. The van der Waals surface area contributed by atoms with Crippen LogP contribution in [-0.4, -0.2) is 59.8 Å². The Balaban J connectivity index is 1.38. The van der Waals surface area contributed by atoms with Crippen LogP contribution in [0.15, 0.2) is 42.6 Å². The molecule has 1 aromatic carbocycles. The minimum Gasteiger partial charge on any atom is -0.334 e. The Hall–Kier alpha value is -2.80. The molecule has 0 radical (unpaired) electrons. The first kappa shape index (κ1) is 21.9. The highest BCUT2D eigenvalue weighted by molar-refractivity contribution is 5.97. The maximum Gasteiger partial charge on any atom is 0.317 e. The molecule has 0 bridgehead atoms. The number of hydrogen-bond donors (Lipinski definition) is 1. The Bertz CT molecular complexity index is 847. The lowest BCUT2D eigenvalue weighted by molar-refractivity contribution is 0.0886. The van der Waals surface area contributed by atoms with E-state index in [0.29, 0.717) is 31.1 Å². The fraction of sp³-hybridized carbons (Fsp3) is 0.435. The van der Waals surface area contributed by atoms with Crippen molar-refractivity contribution >= 4 is 11.8 Å². The number of Topliss-reactive ketones (excluding diaryl/α,β-unsaturated/α-hetero) is 1. The highest BCUT2D eigenvalue weighted by atomic mass is 19.1. The Labute approximate surface area is 177 Å². The number of aromatic nitrogens is 1. The number of carbonyl (C=O) groups excluding carboxylic acids is 2. The largest absolute Gasteiger partial charge is 0.334 e. The SMILES string of the molecule is Cc1ccc(CNC(=O)N(C)CC2CCN(CC(=O)c3ccc(F)cc3)CC2)cn1. The molecule has 0 spiro atoms. The Morgan fingerprint density at radius 3 is 2.50 bits per heavy atom. The van der Waals surface area contributed by atoms with Gasteiger partial charge in [0.2, 0.25) is 0 Å². The van der Waals surface area contributed by atoms with Gasteiger partial charge in [-0.05, 0) is 74.7 Å². The number of rotatable bonds is 7. The summed E-state index contributed by atoms with van der Waals surface area (Å²) in [6, 6.07) is 9.50. The minimum atomic E-state index is -0.337. The van der Waals surface area contributed by atoms with Crippen LogP contribution in [0.2, 0.25) is 0 Å². The van der Waals surface area contributed by atoms with Crippen molar-refractivity contribution in [2.45, 2.75) is 26.3 Å². The van der Waals surface area contributed by atoms with Gasteiger partial charge in [-0.1, -0.05) is 6.07 Å². The van der Waals surface area contributed by atoms with Crippen molar-refractivity contribution in [2.75, 3.05) is 33.2 Å². The molecular formula is C23H29FN4O2. The van der Waals surface area contributed by atoms with E-state index >= 15 is 0 Å². The van der Waals surface area contributed by atoms with Crippen molar-refractivity contribution < 1.29 is 14.0 Å². The number of pyridine rings is 1. The molecule has 0 unspecified atom stereocenters. The summed E-state index contributed by atoms with van der Waals surface area (Å²) in [5.74, 6) is 0.0885. The van der Waals surface area contributed by atoms with Crippen molar-refractivity contribution in [3.05, 3.63) is 65.2 Å². The Morgan fingerprint density at radius 1 is 1.17 bits per heavy atom. The summed E-state index contributed by atoms with van der Waals surface area (Å²) in [5.41, 5.74) is 2.47. The lowest BCUT2D eigenvalue weighted by atomic mass is 9.96. The first-order valence-corrected chi connectivity index (χ1v) is 10.3. The maximum atomic E-state index is 13.0. The number of nitrogens with zero attached hydrogens (tertiary/aromatic N) is 3. The molecule has 7 heteroatoms. The molecule has 6 nitrogen and oxygen atoms in total. The van der Waals surface area contributed by atoms with Gasteiger partial charge < -0.3 is 10.2 Å². The first-order valence-electron chi connectivity index (χ1n) is 10.3. The van der Waals surface area contributed by atoms with E-state index in [4.69, 9.17) is 0 Å². The Kier molecular flexibility index (Phi) is 7.52. The standard InChI is InChI=1S/C23H29FN4O2/c1-17-3-4-19(13-25-17)14-26-23(30)27(2)15-18-9-11-28(12-10-18)16-22(29)20-5-7-21(24)8-6-20/h3-8,13,18H,9-12,14-16H2,1-2H3,(H,26,30). The summed E-state index contributed by atoms with van der Waals surface area (Å²) in [5, 5.41) is 2.93. The van der Waals surface area contributed by atoms with Gasteiger partial charge in [-0.2, -0.15) is 0 Å². The molecule has 160 valence electrons. The van der Waals surface area contributed by atoms with Gasteiger partial charge >= 0.3 is 6.03 Å².